The lowest BCUT2D eigenvalue weighted by molar-refractivity contribution is -0.189. The lowest BCUT2D eigenvalue weighted by Crippen LogP contribution is -2.35. The molecule has 1 saturated carbocycles. The molecule has 1 aliphatic heterocycles. The van der Waals surface area contributed by atoms with Crippen LogP contribution in [0.3, 0.4) is 0 Å². The first kappa shape index (κ1) is 24.3. The number of carbonyl (C=O) groups is 1. The van der Waals surface area contributed by atoms with Crippen LogP contribution in [0.15, 0.2) is 27.6 Å². The number of alkyl halides is 6. The monoisotopic (exact) mass is 513 g/mol. The number of hydrogen-bond donors (Lipinski definition) is 0. The Morgan fingerprint density at radius 2 is 1.94 bits per heavy atom. The molecule has 3 atom stereocenters. The fourth-order valence-electron chi connectivity index (χ4n) is 3.96. The molecule has 2 heterocycles. The Morgan fingerprint density at radius 3 is 2.50 bits per heavy atom. The average molecular weight is 513 g/mol. The standard InChI is InChI=1S/C19H17F6N3O5S/c1-9(18(20,21)22)32-13-4-3-11(34(2,30)31)5-12(13)14(29)28-7-10-6-17(10,8-28)15-26-16(33-27-15)19(23,24)25/h3-5,9-10H,6-8H2,1-2H3. The average Bonchev–Trinajstić information content (AvgIpc) is 3.07. The smallest absolute Gasteiger partial charge is 0.471 e. The number of nitrogens with zero attached hydrogens (tertiary/aromatic N) is 3. The van der Waals surface area contributed by atoms with Gasteiger partial charge in [0.1, 0.15) is 5.75 Å². The molecule has 186 valence electrons. The van der Waals surface area contributed by atoms with Crippen molar-refractivity contribution in [2.75, 3.05) is 19.3 Å². The molecule has 1 saturated heterocycles. The summed E-state index contributed by atoms with van der Waals surface area (Å²) in [6.07, 6.45) is -10.6. The Bertz CT molecular complexity index is 1240. The Kier molecular flexibility index (Phi) is 5.42. The van der Waals surface area contributed by atoms with Gasteiger partial charge in [-0.1, -0.05) is 5.16 Å². The highest BCUT2D eigenvalue weighted by molar-refractivity contribution is 7.90. The molecule has 15 heteroatoms. The lowest BCUT2D eigenvalue weighted by atomic mass is 10.1. The molecule has 2 aliphatic rings. The summed E-state index contributed by atoms with van der Waals surface area (Å²) in [6.45, 7) is 0.671. The summed E-state index contributed by atoms with van der Waals surface area (Å²) in [5.74, 6) is -3.33. The topological polar surface area (TPSA) is 103 Å². The summed E-state index contributed by atoms with van der Waals surface area (Å²) in [6, 6.07) is 2.90. The Labute approximate surface area is 188 Å². The molecule has 0 spiro atoms. The molecule has 34 heavy (non-hydrogen) atoms. The van der Waals surface area contributed by atoms with Crippen LogP contribution in [0.5, 0.6) is 5.75 Å². The summed E-state index contributed by atoms with van der Waals surface area (Å²) < 4.78 is 111. The molecule has 0 N–H and O–H groups in total. The second-order valence-electron chi connectivity index (χ2n) is 8.40. The third-order valence-corrected chi connectivity index (χ3v) is 7.03. The second kappa shape index (κ2) is 7.58. The van der Waals surface area contributed by atoms with Crippen molar-refractivity contribution in [3.05, 3.63) is 35.5 Å². The van der Waals surface area contributed by atoms with Gasteiger partial charge in [-0.2, -0.15) is 31.3 Å². The Morgan fingerprint density at radius 1 is 1.26 bits per heavy atom. The minimum absolute atomic E-state index is 0.0616. The van der Waals surface area contributed by atoms with Crippen molar-refractivity contribution in [3.63, 3.8) is 0 Å². The fraction of sp³-hybridized carbons (Fsp3) is 0.526. The zero-order valence-corrected chi connectivity index (χ0v) is 18.4. The van der Waals surface area contributed by atoms with Crippen molar-refractivity contribution >= 4 is 15.7 Å². The minimum Gasteiger partial charge on any atom is -0.480 e. The molecule has 3 unspecified atom stereocenters. The number of fused-ring (bicyclic) bond motifs is 1. The molecule has 0 bridgehead atoms. The van der Waals surface area contributed by atoms with Crippen LogP contribution in [-0.2, 0) is 21.4 Å². The molecule has 1 amide bonds. The number of likely N-dealkylation sites (tertiary alicyclic amines) is 1. The third kappa shape index (κ3) is 4.32. The van der Waals surface area contributed by atoms with Gasteiger partial charge in [0.15, 0.2) is 21.8 Å². The first-order valence-electron chi connectivity index (χ1n) is 9.80. The lowest BCUT2D eigenvalue weighted by Gasteiger charge is -2.24. The number of amides is 1. The van der Waals surface area contributed by atoms with Crippen LogP contribution in [-0.4, -0.2) is 61.0 Å². The highest BCUT2D eigenvalue weighted by Crippen LogP contribution is 2.58. The van der Waals surface area contributed by atoms with E-state index in [-0.39, 0.29) is 29.7 Å². The summed E-state index contributed by atoms with van der Waals surface area (Å²) in [5, 5.41) is 3.40. The Hall–Kier alpha value is -2.84. The SMILES string of the molecule is CC(Oc1ccc(S(C)(=O)=O)cc1C(=O)N1CC2CC2(c2noc(C(F)(F)F)n2)C1)C(F)(F)F. The summed E-state index contributed by atoms with van der Waals surface area (Å²) in [4.78, 5) is 17.5. The third-order valence-electron chi connectivity index (χ3n) is 5.92. The van der Waals surface area contributed by atoms with Crippen LogP contribution in [0.4, 0.5) is 26.3 Å². The summed E-state index contributed by atoms with van der Waals surface area (Å²) in [7, 11) is -3.81. The van der Waals surface area contributed by atoms with Gasteiger partial charge in [-0.3, -0.25) is 4.79 Å². The van der Waals surface area contributed by atoms with Crippen LogP contribution in [0.25, 0.3) is 0 Å². The van der Waals surface area contributed by atoms with Gasteiger partial charge in [-0.15, -0.1) is 0 Å². The number of carbonyl (C=O) groups excluding carboxylic acids is 1. The van der Waals surface area contributed by atoms with Gasteiger partial charge >= 0.3 is 18.2 Å². The zero-order valence-electron chi connectivity index (χ0n) is 17.6. The van der Waals surface area contributed by atoms with Crippen molar-refractivity contribution < 1.29 is 48.8 Å². The molecule has 1 aromatic heterocycles. The number of hydrogen-bond acceptors (Lipinski definition) is 7. The van der Waals surface area contributed by atoms with Gasteiger partial charge < -0.3 is 14.2 Å². The quantitative estimate of drug-likeness (QED) is 0.566. The van der Waals surface area contributed by atoms with Crippen molar-refractivity contribution in [1.82, 2.24) is 15.0 Å². The van der Waals surface area contributed by atoms with Gasteiger partial charge in [0, 0.05) is 19.3 Å². The van der Waals surface area contributed by atoms with E-state index in [4.69, 9.17) is 4.74 Å². The molecular weight excluding hydrogens is 496 g/mol. The van der Waals surface area contributed by atoms with Crippen molar-refractivity contribution in [1.29, 1.82) is 0 Å². The number of benzene rings is 1. The normalized spacial score (nSPS) is 23.5. The summed E-state index contributed by atoms with van der Waals surface area (Å²) >= 11 is 0. The van der Waals surface area contributed by atoms with Gasteiger partial charge in [-0.05, 0) is 37.5 Å². The van der Waals surface area contributed by atoms with Crippen molar-refractivity contribution in [2.45, 2.75) is 42.1 Å². The van der Waals surface area contributed by atoms with E-state index in [2.05, 4.69) is 14.7 Å². The van der Waals surface area contributed by atoms with E-state index < -0.39 is 56.8 Å². The highest BCUT2D eigenvalue weighted by atomic mass is 32.2. The number of sulfone groups is 1. The maximum atomic E-state index is 13.2. The molecule has 2 aromatic rings. The van der Waals surface area contributed by atoms with Crippen LogP contribution in [0.1, 0.15) is 35.4 Å². The molecular formula is C19H17F6N3O5S. The molecule has 1 aliphatic carbocycles. The maximum Gasteiger partial charge on any atom is 0.471 e. The molecule has 2 fully saturated rings. The van der Waals surface area contributed by atoms with Crippen molar-refractivity contribution in [2.24, 2.45) is 5.92 Å². The number of halogens is 6. The predicted octanol–water partition coefficient (Wildman–Crippen LogP) is 3.24. The van der Waals surface area contributed by atoms with Crippen LogP contribution in [0.2, 0.25) is 0 Å². The Balaban J connectivity index is 1.63. The second-order valence-corrected chi connectivity index (χ2v) is 10.4. The van der Waals surface area contributed by atoms with E-state index in [0.29, 0.717) is 6.42 Å². The van der Waals surface area contributed by atoms with Crippen molar-refractivity contribution in [3.8, 4) is 5.75 Å². The molecule has 1 aromatic carbocycles. The van der Waals surface area contributed by atoms with Gasteiger partial charge in [0.2, 0.25) is 0 Å². The molecule has 8 nitrogen and oxygen atoms in total. The molecule has 0 radical (unpaired) electrons. The van der Waals surface area contributed by atoms with Crippen LogP contribution >= 0.6 is 0 Å². The number of ether oxygens (including phenoxy) is 1. The van der Waals surface area contributed by atoms with E-state index in [1.807, 2.05) is 0 Å². The summed E-state index contributed by atoms with van der Waals surface area (Å²) in [5.41, 5.74) is -1.39. The maximum absolute atomic E-state index is 13.2. The first-order valence-corrected chi connectivity index (χ1v) is 11.7. The zero-order chi connectivity index (χ0) is 25.3. The van der Waals surface area contributed by atoms with E-state index in [1.54, 1.807) is 0 Å². The van der Waals surface area contributed by atoms with Crippen LogP contribution in [0, 0.1) is 5.92 Å². The van der Waals surface area contributed by atoms with Gasteiger partial charge in [0.25, 0.3) is 5.91 Å². The van der Waals surface area contributed by atoms with E-state index >= 15 is 0 Å². The van der Waals surface area contributed by atoms with Gasteiger partial charge in [-0.25, -0.2) is 8.42 Å². The van der Waals surface area contributed by atoms with E-state index in [0.717, 1.165) is 31.4 Å². The van der Waals surface area contributed by atoms with Crippen LogP contribution < -0.4 is 4.74 Å². The number of rotatable bonds is 5. The minimum atomic E-state index is -4.84. The molecule has 4 rings (SSSR count). The largest absolute Gasteiger partial charge is 0.480 e. The predicted molar refractivity (Wildman–Crippen MR) is 101 cm³/mol. The highest BCUT2D eigenvalue weighted by Gasteiger charge is 2.65. The number of piperidine rings is 1. The number of aromatic nitrogens is 2. The fourth-order valence-corrected chi connectivity index (χ4v) is 4.61. The van der Waals surface area contributed by atoms with Gasteiger partial charge in [0.05, 0.1) is 15.9 Å². The first-order chi connectivity index (χ1) is 15.5. The van der Waals surface area contributed by atoms with E-state index in [1.165, 1.54) is 4.90 Å². The van der Waals surface area contributed by atoms with E-state index in [9.17, 15) is 39.6 Å².